The Balaban J connectivity index is 1.98. The topological polar surface area (TPSA) is 21.3 Å². The number of hydrogen-bond acceptors (Lipinski definition) is 2. The number of ether oxygens (including phenoxy) is 1. The predicted octanol–water partition coefficient (Wildman–Crippen LogP) is 0.773. The van der Waals surface area contributed by atoms with Crippen molar-refractivity contribution in [3.63, 3.8) is 0 Å². The zero-order chi connectivity index (χ0) is 7.47. The molecule has 3 aliphatic rings. The molecule has 0 aliphatic carbocycles. The lowest BCUT2D eigenvalue weighted by molar-refractivity contribution is 0.00527. The SMILES string of the molecule is CC12CC[C@H](O1)C1CNCC12. The Labute approximate surface area is 67.3 Å². The largest absolute Gasteiger partial charge is 0.371 e. The van der Waals surface area contributed by atoms with Crippen molar-refractivity contribution >= 4 is 0 Å². The Hall–Kier alpha value is -0.0800. The molecule has 2 heteroatoms. The number of fused-ring (bicyclic) bond motifs is 5. The Morgan fingerprint density at radius 3 is 3.18 bits per heavy atom. The van der Waals surface area contributed by atoms with Crippen LogP contribution in [-0.2, 0) is 4.74 Å². The summed E-state index contributed by atoms with van der Waals surface area (Å²) in [5.41, 5.74) is 0.249. The first-order valence-corrected chi connectivity index (χ1v) is 4.68. The molecule has 3 heterocycles. The summed E-state index contributed by atoms with van der Waals surface area (Å²) in [5.74, 6) is 1.66. The van der Waals surface area contributed by atoms with Crippen LogP contribution in [0.1, 0.15) is 19.8 Å². The quantitative estimate of drug-likeness (QED) is 0.555. The molecule has 0 aromatic carbocycles. The second kappa shape index (κ2) is 1.80. The summed E-state index contributed by atoms with van der Waals surface area (Å²) >= 11 is 0. The highest BCUT2D eigenvalue weighted by Gasteiger charge is 2.57. The van der Waals surface area contributed by atoms with E-state index in [4.69, 9.17) is 4.74 Å². The molecule has 0 aromatic rings. The van der Waals surface area contributed by atoms with Gasteiger partial charge in [-0.2, -0.15) is 0 Å². The highest BCUT2D eigenvalue weighted by molar-refractivity contribution is 5.08. The molecule has 0 radical (unpaired) electrons. The Morgan fingerprint density at radius 1 is 1.45 bits per heavy atom. The molecular formula is C9H15NO. The van der Waals surface area contributed by atoms with Crippen LogP contribution in [0.2, 0.25) is 0 Å². The fraction of sp³-hybridized carbons (Fsp3) is 1.00. The second-order valence-electron chi connectivity index (χ2n) is 4.44. The van der Waals surface area contributed by atoms with Crippen LogP contribution >= 0.6 is 0 Å². The molecule has 0 saturated carbocycles. The molecule has 3 unspecified atom stereocenters. The highest BCUT2D eigenvalue weighted by atomic mass is 16.5. The second-order valence-corrected chi connectivity index (χ2v) is 4.44. The van der Waals surface area contributed by atoms with E-state index in [1.165, 1.54) is 25.9 Å². The van der Waals surface area contributed by atoms with Gasteiger partial charge in [0.15, 0.2) is 0 Å². The molecule has 2 bridgehead atoms. The van der Waals surface area contributed by atoms with Crippen molar-refractivity contribution in [3.05, 3.63) is 0 Å². The molecule has 0 amide bonds. The van der Waals surface area contributed by atoms with Crippen molar-refractivity contribution in [2.75, 3.05) is 13.1 Å². The normalized spacial score (nSPS) is 60.3. The molecule has 0 spiro atoms. The van der Waals surface area contributed by atoms with E-state index < -0.39 is 0 Å². The third-order valence-corrected chi connectivity index (χ3v) is 3.87. The van der Waals surface area contributed by atoms with Crippen molar-refractivity contribution in [1.82, 2.24) is 5.32 Å². The van der Waals surface area contributed by atoms with Crippen LogP contribution in [0.4, 0.5) is 0 Å². The van der Waals surface area contributed by atoms with E-state index in [0.29, 0.717) is 6.10 Å². The van der Waals surface area contributed by atoms with E-state index in [2.05, 4.69) is 12.2 Å². The lowest BCUT2D eigenvalue weighted by atomic mass is 9.75. The standard InChI is InChI=1S/C9H15NO/c1-9-3-2-8(11-9)6-4-10-5-7(6)9/h6-8,10H,2-5H2,1H3/t6?,7?,8-,9?/m0/s1. The van der Waals surface area contributed by atoms with Gasteiger partial charge in [0.1, 0.15) is 0 Å². The van der Waals surface area contributed by atoms with Crippen LogP contribution in [-0.4, -0.2) is 24.8 Å². The Bertz CT molecular complexity index is 194. The van der Waals surface area contributed by atoms with E-state index in [1.54, 1.807) is 0 Å². The predicted molar refractivity (Wildman–Crippen MR) is 42.4 cm³/mol. The van der Waals surface area contributed by atoms with Gasteiger partial charge in [-0.3, -0.25) is 0 Å². The van der Waals surface area contributed by atoms with E-state index in [1.807, 2.05) is 0 Å². The maximum Gasteiger partial charge on any atom is 0.0703 e. The van der Waals surface area contributed by atoms with Crippen molar-refractivity contribution in [2.45, 2.75) is 31.5 Å². The van der Waals surface area contributed by atoms with E-state index in [-0.39, 0.29) is 5.60 Å². The van der Waals surface area contributed by atoms with Crippen molar-refractivity contribution in [1.29, 1.82) is 0 Å². The van der Waals surface area contributed by atoms with Crippen molar-refractivity contribution in [2.24, 2.45) is 11.8 Å². The summed E-state index contributed by atoms with van der Waals surface area (Å²) < 4.78 is 5.99. The molecule has 3 aliphatic heterocycles. The summed E-state index contributed by atoms with van der Waals surface area (Å²) in [6, 6.07) is 0. The molecular weight excluding hydrogens is 138 g/mol. The zero-order valence-corrected chi connectivity index (χ0v) is 6.97. The van der Waals surface area contributed by atoms with Gasteiger partial charge < -0.3 is 10.1 Å². The molecule has 11 heavy (non-hydrogen) atoms. The van der Waals surface area contributed by atoms with Gasteiger partial charge in [-0.1, -0.05) is 0 Å². The third-order valence-electron chi connectivity index (χ3n) is 3.87. The van der Waals surface area contributed by atoms with E-state index in [0.717, 1.165) is 11.8 Å². The van der Waals surface area contributed by atoms with Crippen LogP contribution in [0.3, 0.4) is 0 Å². The average Bonchev–Trinajstić information content (AvgIpc) is 2.53. The van der Waals surface area contributed by atoms with Gasteiger partial charge in [-0.05, 0) is 19.8 Å². The van der Waals surface area contributed by atoms with Crippen molar-refractivity contribution in [3.8, 4) is 0 Å². The molecule has 62 valence electrons. The number of hydrogen-bond donors (Lipinski definition) is 1. The average molecular weight is 153 g/mol. The van der Waals surface area contributed by atoms with Crippen LogP contribution in [0.5, 0.6) is 0 Å². The fourth-order valence-electron chi connectivity index (χ4n) is 3.23. The number of nitrogens with one attached hydrogen (secondary N) is 1. The van der Waals surface area contributed by atoms with Gasteiger partial charge in [-0.25, -0.2) is 0 Å². The summed E-state index contributed by atoms with van der Waals surface area (Å²) in [4.78, 5) is 0. The minimum atomic E-state index is 0.249. The minimum Gasteiger partial charge on any atom is -0.371 e. The third kappa shape index (κ3) is 0.651. The highest BCUT2D eigenvalue weighted by Crippen LogP contribution is 2.52. The Kier molecular flexibility index (Phi) is 1.06. The maximum absolute atomic E-state index is 5.99. The monoisotopic (exact) mass is 153 g/mol. The summed E-state index contributed by atoms with van der Waals surface area (Å²) in [7, 11) is 0. The van der Waals surface area contributed by atoms with E-state index in [9.17, 15) is 0 Å². The van der Waals surface area contributed by atoms with Crippen LogP contribution in [0.25, 0.3) is 0 Å². The molecule has 3 rings (SSSR count). The summed E-state index contributed by atoms with van der Waals surface area (Å²) in [6.45, 7) is 4.69. The molecule has 2 nitrogen and oxygen atoms in total. The van der Waals surface area contributed by atoms with E-state index >= 15 is 0 Å². The summed E-state index contributed by atoms with van der Waals surface area (Å²) in [6.07, 6.45) is 3.19. The van der Waals surface area contributed by atoms with Gasteiger partial charge in [-0.15, -0.1) is 0 Å². The van der Waals surface area contributed by atoms with Crippen LogP contribution in [0, 0.1) is 11.8 Å². The van der Waals surface area contributed by atoms with Gasteiger partial charge in [0.25, 0.3) is 0 Å². The van der Waals surface area contributed by atoms with Crippen LogP contribution < -0.4 is 5.32 Å². The van der Waals surface area contributed by atoms with Crippen LogP contribution in [0.15, 0.2) is 0 Å². The molecule has 3 saturated heterocycles. The summed E-state index contributed by atoms with van der Waals surface area (Å²) in [5, 5.41) is 3.47. The maximum atomic E-state index is 5.99. The number of rotatable bonds is 0. The van der Waals surface area contributed by atoms with Gasteiger partial charge in [0.05, 0.1) is 11.7 Å². The van der Waals surface area contributed by atoms with Crippen molar-refractivity contribution < 1.29 is 4.74 Å². The minimum absolute atomic E-state index is 0.249. The molecule has 0 aromatic heterocycles. The Morgan fingerprint density at radius 2 is 2.36 bits per heavy atom. The zero-order valence-electron chi connectivity index (χ0n) is 6.97. The molecule has 1 N–H and O–H groups in total. The first-order chi connectivity index (χ1) is 5.30. The molecule has 3 fully saturated rings. The molecule has 4 atom stereocenters. The smallest absolute Gasteiger partial charge is 0.0703 e. The lowest BCUT2D eigenvalue weighted by Crippen LogP contribution is -2.34. The van der Waals surface area contributed by atoms with Gasteiger partial charge in [0.2, 0.25) is 0 Å². The fourth-order valence-corrected chi connectivity index (χ4v) is 3.23. The first kappa shape index (κ1) is 6.44. The lowest BCUT2D eigenvalue weighted by Gasteiger charge is -2.27. The first-order valence-electron chi connectivity index (χ1n) is 4.68. The van der Waals surface area contributed by atoms with Gasteiger partial charge in [0, 0.05) is 24.9 Å². The van der Waals surface area contributed by atoms with Gasteiger partial charge >= 0.3 is 0 Å².